The molecule has 0 bridgehead atoms. The number of carbonyl (C=O) groups excluding carboxylic acids is 1. The van der Waals surface area contributed by atoms with Crippen molar-refractivity contribution in [2.24, 2.45) is 0 Å². The van der Waals surface area contributed by atoms with Crippen LogP contribution in [0.25, 0.3) is 0 Å². The maximum Gasteiger partial charge on any atom is 0.227 e. The number of methoxy groups -OCH3 is 2. The SMILES string of the molecule is COC1(OC)CCC[C@H](N(C)C(=O)Cc2ccc(Br)cc2)[C@H]1N1CCCC1. The van der Waals surface area contributed by atoms with Crippen molar-refractivity contribution in [2.75, 3.05) is 34.4 Å². The minimum atomic E-state index is -0.639. The van der Waals surface area contributed by atoms with Crippen LogP contribution in [0.5, 0.6) is 0 Å². The predicted molar refractivity (Wildman–Crippen MR) is 110 cm³/mol. The van der Waals surface area contributed by atoms with Crippen molar-refractivity contribution in [3.8, 4) is 0 Å². The van der Waals surface area contributed by atoms with Gasteiger partial charge in [0.25, 0.3) is 0 Å². The number of halogens is 1. The average molecular weight is 439 g/mol. The summed E-state index contributed by atoms with van der Waals surface area (Å²) in [6.07, 6.45) is 5.66. The Balaban J connectivity index is 1.80. The van der Waals surface area contributed by atoms with E-state index in [1.165, 1.54) is 12.8 Å². The lowest BCUT2D eigenvalue weighted by Gasteiger charge is -2.51. The number of hydrogen-bond donors (Lipinski definition) is 0. The number of carbonyl (C=O) groups is 1. The van der Waals surface area contributed by atoms with Gasteiger partial charge in [-0.2, -0.15) is 0 Å². The summed E-state index contributed by atoms with van der Waals surface area (Å²) in [6.45, 7) is 2.09. The third kappa shape index (κ3) is 4.39. The second kappa shape index (κ2) is 9.03. The number of amides is 1. The highest BCUT2D eigenvalue weighted by molar-refractivity contribution is 9.10. The Morgan fingerprint density at radius 1 is 1.19 bits per heavy atom. The van der Waals surface area contributed by atoms with Gasteiger partial charge in [0.2, 0.25) is 5.91 Å². The standard InChI is InChI=1S/C21H31BrN2O3/c1-23(19(25)15-16-8-10-17(22)11-9-16)18-7-6-12-21(26-2,27-3)20(18)24-13-4-5-14-24/h8-11,18,20H,4-7,12-15H2,1-3H3/t18-,20+/m0/s1. The predicted octanol–water partition coefficient (Wildman–Crippen LogP) is 3.46. The summed E-state index contributed by atoms with van der Waals surface area (Å²) in [5.74, 6) is -0.492. The zero-order valence-electron chi connectivity index (χ0n) is 16.6. The Bertz CT molecular complexity index is 627. The molecule has 2 atom stereocenters. The number of ether oxygens (including phenoxy) is 2. The lowest BCUT2D eigenvalue weighted by molar-refractivity contribution is -0.266. The molecule has 1 heterocycles. The molecular formula is C21H31BrN2O3. The largest absolute Gasteiger partial charge is 0.352 e. The van der Waals surface area contributed by atoms with Crippen molar-refractivity contribution in [3.63, 3.8) is 0 Å². The summed E-state index contributed by atoms with van der Waals surface area (Å²) in [5, 5.41) is 0. The maximum absolute atomic E-state index is 13.1. The molecule has 5 nitrogen and oxygen atoms in total. The van der Waals surface area contributed by atoms with Crippen molar-refractivity contribution in [3.05, 3.63) is 34.3 Å². The number of nitrogens with zero attached hydrogens (tertiary/aromatic N) is 2. The lowest BCUT2D eigenvalue weighted by atomic mass is 9.82. The Labute approximate surface area is 171 Å². The fraction of sp³-hybridized carbons (Fsp3) is 0.667. The normalized spacial score (nSPS) is 25.5. The first-order valence-electron chi connectivity index (χ1n) is 9.85. The fourth-order valence-electron chi connectivity index (χ4n) is 4.72. The van der Waals surface area contributed by atoms with E-state index in [9.17, 15) is 4.79 Å². The molecule has 0 radical (unpaired) electrons. The summed E-state index contributed by atoms with van der Waals surface area (Å²) >= 11 is 3.45. The van der Waals surface area contributed by atoms with Crippen LogP contribution in [0.3, 0.4) is 0 Å². The third-order valence-corrected chi connectivity index (χ3v) is 6.75. The van der Waals surface area contributed by atoms with Crippen LogP contribution in [0, 0.1) is 0 Å². The van der Waals surface area contributed by atoms with Crippen LogP contribution < -0.4 is 0 Å². The van der Waals surface area contributed by atoms with Gasteiger partial charge in [-0.05, 0) is 56.5 Å². The molecule has 0 aromatic heterocycles. The van der Waals surface area contributed by atoms with Gasteiger partial charge in [0, 0.05) is 32.2 Å². The molecule has 1 aromatic rings. The van der Waals surface area contributed by atoms with Crippen molar-refractivity contribution in [2.45, 2.75) is 56.4 Å². The first kappa shape index (κ1) is 20.8. The zero-order valence-corrected chi connectivity index (χ0v) is 18.2. The van der Waals surface area contributed by atoms with Gasteiger partial charge in [-0.25, -0.2) is 0 Å². The number of rotatable bonds is 6. The van der Waals surface area contributed by atoms with E-state index >= 15 is 0 Å². The molecule has 1 saturated carbocycles. The number of hydrogen-bond acceptors (Lipinski definition) is 4. The van der Waals surface area contributed by atoms with Gasteiger partial charge >= 0.3 is 0 Å². The fourth-order valence-corrected chi connectivity index (χ4v) is 4.98. The topological polar surface area (TPSA) is 42.0 Å². The Morgan fingerprint density at radius 2 is 1.81 bits per heavy atom. The summed E-state index contributed by atoms with van der Waals surface area (Å²) in [5.41, 5.74) is 1.04. The van der Waals surface area contributed by atoms with Gasteiger partial charge in [0.1, 0.15) is 0 Å². The third-order valence-electron chi connectivity index (χ3n) is 6.22. The van der Waals surface area contributed by atoms with Crippen LogP contribution in [0.2, 0.25) is 0 Å². The monoisotopic (exact) mass is 438 g/mol. The van der Waals surface area contributed by atoms with Crippen molar-refractivity contribution in [1.29, 1.82) is 0 Å². The minimum Gasteiger partial charge on any atom is -0.352 e. The van der Waals surface area contributed by atoms with Gasteiger partial charge in [0.05, 0.1) is 18.5 Å². The molecular weight excluding hydrogens is 408 g/mol. The van der Waals surface area contributed by atoms with E-state index in [0.717, 1.165) is 42.4 Å². The van der Waals surface area contributed by atoms with E-state index in [4.69, 9.17) is 9.47 Å². The molecule has 1 saturated heterocycles. The average Bonchev–Trinajstić information content (AvgIpc) is 3.22. The molecule has 1 amide bonds. The second-order valence-electron chi connectivity index (χ2n) is 7.68. The number of likely N-dealkylation sites (N-methyl/N-ethyl adjacent to an activating group) is 1. The zero-order chi connectivity index (χ0) is 19.4. The molecule has 3 rings (SSSR count). The lowest BCUT2D eigenvalue weighted by Crippen LogP contribution is -2.66. The maximum atomic E-state index is 13.1. The molecule has 1 aromatic carbocycles. The van der Waals surface area contributed by atoms with E-state index in [2.05, 4.69) is 20.8 Å². The Hall–Kier alpha value is -0.950. The molecule has 1 aliphatic carbocycles. The molecule has 2 fully saturated rings. The molecule has 27 heavy (non-hydrogen) atoms. The van der Waals surface area contributed by atoms with Crippen LogP contribution in [0.1, 0.15) is 37.7 Å². The summed E-state index contributed by atoms with van der Waals surface area (Å²) in [4.78, 5) is 17.5. The summed E-state index contributed by atoms with van der Waals surface area (Å²) < 4.78 is 12.9. The molecule has 6 heteroatoms. The van der Waals surface area contributed by atoms with Gasteiger partial charge < -0.3 is 14.4 Å². The van der Waals surface area contributed by atoms with Crippen molar-refractivity contribution in [1.82, 2.24) is 9.80 Å². The number of likely N-dealkylation sites (tertiary alicyclic amines) is 1. The number of benzene rings is 1. The molecule has 2 aliphatic rings. The van der Waals surface area contributed by atoms with E-state index in [-0.39, 0.29) is 18.0 Å². The summed E-state index contributed by atoms with van der Waals surface area (Å²) in [6, 6.07) is 8.14. The highest BCUT2D eigenvalue weighted by atomic mass is 79.9. The van der Waals surface area contributed by atoms with Crippen LogP contribution in [0.4, 0.5) is 0 Å². The molecule has 150 valence electrons. The first-order chi connectivity index (χ1) is 13.0. The highest BCUT2D eigenvalue weighted by Crippen LogP contribution is 2.39. The highest BCUT2D eigenvalue weighted by Gasteiger charge is 2.51. The quantitative estimate of drug-likeness (QED) is 0.637. The van der Waals surface area contributed by atoms with Gasteiger partial charge in [-0.1, -0.05) is 28.1 Å². The summed E-state index contributed by atoms with van der Waals surface area (Å²) in [7, 11) is 5.41. The Morgan fingerprint density at radius 3 is 2.41 bits per heavy atom. The molecule has 0 unspecified atom stereocenters. The molecule has 0 spiro atoms. The first-order valence-corrected chi connectivity index (χ1v) is 10.6. The van der Waals surface area contributed by atoms with Gasteiger partial charge in [-0.15, -0.1) is 0 Å². The van der Waals surface area contributed by atoms with E-state index in [1.807, 2.05) is 36.2 Å². The van der Waals surface area contributed by atoms with Crippen LogP contribution in [-0.4, -0.2) is 67.9 Å². The minimum absolute atomic E-state index is 0.0719. The van der Waals surface area contributed by atoms with E-state index in [1.54, 1.807) is 14.2 Å². The van der Waals surface area contributed by atoms with Crippen molar-refractivity contribution < 1.29 is 14.3 Å². The van der Waals surface area contributed by atoms with Crippen LogP contribution in [-0.2, 0) is 20.7 Å². The molecule has 1 aliphatic heterocycles. The van der Waals surface area contributed by atoms with E-state index in [0.29, 0.717) is 6.42 Å². The van der Waals surface area contributed by atoms with E-state index < -0.39 is 5.79 Å². The second-order valence-corrected chi connectivity index (χ2v) is 8.59. The molecule has 0 N–H and O–H groups in total. The smallest absolute Gasteiger partial charge is 0.227 e. The Kier molecular flexibility index (Phi) is 6.95. The van der Waals surface area contributed by atoms with Crippen LogP contribution in [0.15, 0.2) is 28.7 Å². The van der Waals surface area contributed by atoms with Crippen molar-refractivity contribution >= 4 is 21.8 Å². The van der Waals surface area contributed by atoms with Gasteiger partial charge in [-0.3, -0.25) is 9.69 Å². The van der Waals surface area contributed by atoms with Gasteiger partial charge in [0.15, 0.2) is 5.79 Å². The van der Waals surface area contributed by atoms with Crippen LogP contribution >= 0.6 is 15.9 Å².